The van der Waals surface area contributed by atoms with E-state index in [4.69, 9.17) is 0 Å². The third kappa shape index (κ3) is 2.57. The molecule has 27 heavy (non-hydrogen) atoms. The van der Waals surface area contributed by atoms with E-state index in [0.717, 1.165) is 55.6 Å². The average molecular weight is 368 g/mol. The number of rotatable bonds is 2. The van der Waals surface area contributed by atoms with Gasteiger partial charge in [0.1, 0.15) is 23.8 Å². The molecule has 0 radical (unpaired) electrons. The number of likely N-dealkylation sites (tertiary alicyclic amines) is 1. The van der Waals surface area contributed by atoms with Crippen molar-refractivity contribution in [2.45, 2.75) is 44.2 Å². The molecular weight excluding hydrogens is 344 g/mol. The van der Waals surface area contributed by atoms with Crippen LogP contribution in [-0.2, 0) is 9.59 Å². The number of anilines is 1. The molecule has 142 valence electrons. The standard InChI is InChI=1S/C19H24N6O2/c1-13(26)24-8-2-3-15(24)18(27)25-10-9-23(11-19(25)5-6-19)17-14-4-7-20-16(14)21-12-22-17/h4,7,12,15H,2-3,5-6,8-11H2,1H3,(H,20,21,22). The summed E-state index contributed by atoms with van der Waals surface area (Å²) in [5, 5.41) is 1.02. The Morgan fingerprint density at radius 2 is 2.07 bits per heavy atom. The fourth-order valence-corrected chi connectivity index (χ4v) is 4.77. The van der Waals surface area contributed by atoms with Crippen LogP contribution in [0.5, 0.6) is 0 Å². The van der Waals surface area contributed by atoms with Crippen LogP contribution in [-0.4, -0.2) is 74.3 Å². The molecular formula is C19H24N6O2. The topological polar surface area (TPSA) is 85.4 Å². The first kappa shape index (κ1) is 16.5. The van der Waals surface area contributed by atoms with Gasteiger partial charge in [0, 0.05) is 39.3 Å². The number of fused-ring (bicyclic) bond motifs is 1. The zero-order valence-electron chi connectivity index (χ0n) is 15.5. The number of H-pyrrole nitrogens is 1. The fraction of sp³-hybridized carbons (Fsp3) is 0.579. The van der Waals surface area contributed by atoms with Crippen molar-refractivity contribution in [2.75, 3.05) is 31.1 Å². The summed E-state index contributed by atoms with van der Waals surface area (Å²) >= 11 is 0. The van der Waals surface area contributed by atoms with Crippen LogP contribution >= 0.6 is 0 Å². The number of piperazine rings is 1. The maximum atomic E-state index is 13.3. The lowest BCUT2D eigenvalue weighted by atomic mass is 10.1. The Kier molecular flexibility index (Phi) is 3.63. The van der Waals surface area contributed by atoms with Gasteiger partial charge in [-0.25, -0.2) is 9.97 Å². The Bertz CT molecular complexity index is 904. The number of aromatic nitrogens is 3. The lowest BCUT2D eigenvalue weighted by Gasteiger charge is -2.44. The second kappa shape index (κ2) is 5.94. The number of carbonyl (C=O) groups is 2. The highest BCUT2D eigenvalue weighted by Gasteiger charge is 2.55. The van der Waals surface area contributed by atoms with Crippen LogP contribution in [0.1, 0.15) is 32.6 Å². The molecule has 2 saturated heterocycles. The Morgan fingerprint density at radius 1 is 1.22 bits per heavy atom. The molecule has 2 aromatic rings. The van der Waals surface area contributed by atoms with Gasteiger partial charge in [0.25, 0.3) is 0 Å². The molecule has 5 rings (SSSR count). The van der Waals surface area contributed by atoms with Gasteiger partial charge in [-0.2, -0.15) is 0 Å². The highest BCUT2D eigenvalue weighted by molar-refractivity contribution is 5.90. The van der Waals surface area contributed by atoms with E-state index in [2.05, 4.69) is 24.8 Å². The number of nitrogens with zero attached hydrogens (tertiary/aromatic N) is 5. The number of nitrogens with one attached hydrogen (secondary N) is 1. The van der Waals surface area contributed by atoms with Crippen LogP contribution in [0.25, 0.3) is 11.0 Å². The monoisotopic (exact) mass is 368 g/mol. The van der Waals surface area contributed by atoms with Gasteiger partial charge >= 0.3 is 0 Å². The first-order chi connectivity index (χ1) is 13.1. The van der Waals surface area contributed by atoms with Crippen molar-refractivity contribution < 1.29 is 9.59 Å². The van der Waals surface area contributed by atoms with Crippen LogP contribution in [0.15, 0.2) is 18.6 Å². The SMILES string of the molecule is CC(=O)N1CCCC1C(=O)N1CCN(c2ncnc3[nH]ccc23)CC12CC2. The molecule has 2 amide bonds. The molecule has 1 saturated carbocycles. The van der Waals surface area contributed by atoms with Gasteiger partial charge in [0.05, 0.1) is 10.9 Å². The Morgan fingerprint density at radius 3 is 2.85 bits per heavy atom. The quantitative estimate of drug-likeness (QED) is 0.859. The van der Waals surface area contributed by atoms with Crippen molar-refractivity contribution in [3.05, 3.63) is 18.6 Å². The molecule has 1 N–H and O–H groups in total. The van der Waals surface area contributed by atoms with Gasteiger partial charge in [-0.05, 0) is 31.7 Å². The summed E-state index contributed by atoms with van der Waals surface area (Å²) < 4.78 is 0. The molecule has 1 spiro atoms. The summed E-state index contributed by atoms with van der Waals surface area (Å²) in [6, 6.07) is 1.73. The van der Waals surface area contributed by atoms with Gasteiger partial charge in [0.15, 0.2) is 0 Å². The van der Waals surface area contributed by atoms with Crippen LogP contribution in [0.4, 0.5) is 5.82 Å². The number of hydrogen-bond donors (Lipinski definition) is 1. The predicted octanol–water partition coefficient (Wildman–Crippen LogP) is 1.15. The van der Waals surface area contributed by atoms with Crippen molar-refractivity contribution in [1.29, 1.82) is 0 Å². The number of carbonyl (C=O) groups excluding carboxylic acids is 2. The van der Waals surface area contributed by atoms with Gasteiger partial charge in [-0.3, -0.25) is 9.59 Å². The van der Waals surface area contributed by atoms with E-state index in [0.29, 0.717) is 13.1 Å². The highest BCUT2D eigenvalue weighted by atomic mass is 16.2. The fourth-order valence-electron chi connectivity index (χ4n) is 4.77. The Labute approximate surface area is 157 Å². The van der Waals surface area contributed by atoms with Crippen LogP contribution in [0, 0.1) is 0 Å². The second-order valence-electron chi connectivity index (χ2n) is 7.94. The van der Waals surface area contributed by atoms with Crippen LogP contribution < -0.4 is 4.90 Å². The highest BCUT2D eigenvalue weighted by Crippen LogP contribution is 2.46. The smallest absolute Gasteiger partial charge is 0.245 e. The first-order valence-corrected chi connectivity index (χ1v) is 9.71. The van der Waals surface area contributed by atoms with Crippen molar-refractivity contribution in [3.63, 3.8) is 0 Å². The van der Waals surface area contributed by atoms with E-state index in [1.54, 1.807) is 18.2 Å². The summed E-state index contributed by atoms with van der Waals surface area (Å²) in [5.41, 5.74) is 0.736. The maximum absolute atomic E-state index is 13.3. The maximum Gasteiger partial charge on any atom is 0.245 e. The van der Waals surface area contributed by atoms with E-state index in [-0.39, 0.29) is 23.4 Å². The van der Waals surface area contributed by atoms with Crippen LogP contribution in [0.2, 0.25) is 0 Å². The minimum Gasteiger partial charge on any atom is -0.352 e. The zero-order chi connectivity index (χ0) is 18.6. The normalized spacial score (nSPS) is 24.0. The third-order valence-electron chi connectivity index (χ3n) is 6.32. The van der Waals surface area contributed by atoms with E-state index >= 15 is 0 Å². The van der Waals surface area contributed by atoms with Crippen molar-refractivity contribution >= 4 is 28.7 Å². The predicted molar refractivity (Wildman–Crippen MR) is 100 cm³/mol. The molecule has 0 bridgehead atoms. The van der Waals surface area contributed by atoms with Gasteiger partial charge in [0.2, 0.25) is 11.8 Å². The second-order valence-corrected chi connectivity index (χ2v) is 7.94. The van der Waals surface area contributed by atoms with Crippen LogP contribution in [0.3, 0.4) is 0 Å². The van der Waals surface area contributed by atoms with Gasteiger partial charge in [-0.15, -0.1) is 0 Å². The molecule has 1 atom stereocenters. The number of aromatic amines is 1. The molecule has 2 aromatic heterocycles. The Balaban J connectivity index is 1.38. The molecule has 4 heterocycles. The summed E-state index contributed by atoms with van der Waals surface area (Å²) in [6.07, 6.45) is 7.20. The lowest BCUT2D eigenvalue weighted by molar-refractivity contribution is -0.145. The molecule has 8 nitrogen and oxygen atoms in total. The summed E-state index contributed by atoms with van der Waals surface area (Å²) in [7, 11) is 0. The molecule has 1 aliphatic carbocycles. The van der Waals surface area contributed by atoms with E-state index in [9.17, 15) is 9.59 Å². The van der Waals surface area contributed by atoms with E-state index in [1.807, 2.05) is 12.3 Å². The largest absolute Gasteiger partial charge is 0.352 e. The molecule has 8 heteroatoms. The van der Waals surface area contributed by atoms with Crippen molar-refractivity contribution in [1.82, 2.24) is 24.8 Å². The summed E-state index contributed by atoms with van der Waals surface area (Å²) in [6.45, 7) is 4.48. The summed E-state index contributed by atoms with van der Waals surface area (Å²) in [4.78, 5) is 43.2. The summed E-state index contributed by atoms with van der Waals surface area (Å²) in [5.74, 6) is 1.07. The van der Waals surface area contributed by atoms with Crippen molar-refractivity contribution in [3.8, 4) is 0 Å². The lowest BCUT2D eigenvalue weighted by Crippen LogP contribution is -2.60. The molecule has 2 aliphatic heterocycles. The van der Waals surface area contributed by atoms with E-state index in [1.165, 1.54) is 0 Å². The number of amides is 2. The molecule has 1 unspecified atom stereocenters. The van der Waals surface area contributed by atoms with Gasteiger partial charge in [-0.1, -0.05) is 0 Å². The average Bonchev–Trinajstić information content (AvgIpc) is 3.11. The molecule has 3 fully saturated rings. The molecule has 3 aliphatic rings. The van der Waals surface area contributed by atoms with Crippen molar-refractivity contribution in [2.24, 2.45) is 0 Å². The minimum absolute atomic E-state index is 0.00479. The molecule has 0 aromatic carbocycles. The third-order valence-corrected chi connectivity index (χ3v) is 6.32. The first-order valence-electron chi connectivity index (χ1n) is 9.71. The number of hydrogen-bond acceptors (Lipinski definition) is 5. The minimum atomic E-state index is -0.276. The van der Waals surface area contributed by atoms with Gasteiger partial charge < -0.3 is 19.7 Å². The van der Waals surface area contributed by atoms with E-state index < -0.39 is 0 Å². The zero-order valence-corrected chi connectivity index (χ0v) is 15.5. The Hall–Kier alpha value is -2.64.